The van der Waals surface area contributed by atoms with Gasteiger partial charge in [0, 0.05) is 34.9 Å². The fourth-order valence-electron chi connectivity index (χ4n) is 3.12. The molecular formula is C23H21N3O4S. The number of methoxy groups -OCH3 is 1. The molecule has 3 N–H and O–H groups in total. The van der Waals surface area contributed by atoms with Crippen molar-refractivity contribution in [3.63, 3.8) is 0 Å². The number of hydrogen-bond donors (Lipinski definition) is 3. The van der Waals surface area contributed by atoms with Crippen LogP contribution in [-0.2, 0) is 16.6 Å². The number of fused-ring (bicyclic) bond motifs is 1. The van der Waals surface area contributed by atoms with E-state index in [1.165, 1.54) is 19.2 Å². The number of ether oxygens (including phenoxy) is 1. The Hall–Kier alpha value is -3.62. The van der Waals surface area contributed by atoms with Crippen molar-refractivity contribution in [1.29, 1.82) is 0 Å². The minimum absolute atomic E-state index is 0.112. The number of H-pyrrole nitrogens is 1. The molecule has 0 aliphatic heterocycles. The van der Waals surface area contributed by atoms with Crippen LogP contribution in [0.4, 0.5) is 5.69 Å². The highest BCUT2D eigenvalue weighted by molar-refractivity contribution is 7.89. The predicted molar refractivity (Wildman–Crippen MR) is 120 cm³/mol. The van der Waals surface area contributed by atoms with Gasteiger partial charge in [0.1, 0.15) is 5.75 Å². The zero-order valence-corrected chi connectivity index (χ0v) is 17.6. The SMILES string of the molecule is COc1ccc(S(=O)(=O)NCc2ccc(C(=O)Nc3ccc4[nH]ccc4c3)cc2)cc1. The summed E-state index contributed by atoms with van der Waals surface area (Å²) in [7, 11) is -2.13. The summed E-state index contributed by atoms with van der Waals surface area (Å²) < 4.78 is 32.5. The van der Waals surface area contributed by atoms with Crippen LogP contribution in [0.5, 0.6) is 5.75 Å². The second-order valence-corrected chi connectivity index (χ2v) is 8.70. The first-order valence-electron chi connectivity index (χ1n) is 9.56. The van der Waals surface area contributed by atoms with Gasteiger partial charge in [-0.05, 0) is 66.2 Å². The maximum atomic E-state index is 12.5. The molecule has 1 amide bonds. The molecule has 4 aromatic rings. The number of sulfonamides is 1. The smallest absolute Gasteiger partial charge is 0.255 e. The number of hydrogen-bond acceptors (Lipinski definition) is 4. The molecule has 8 heteroatoms. The van der Waals surface area contributed by atoms with E-state index < -0.39 is 10.0 Å². The van der Waals surface area contributed by atoms with E-state index in [1.807, 2.05) is 30.5 Å². The van der Waals surface area contributed by atoms with E-state index in [1.54, 1.807) is 36.4 Å². The summed E-state index contributed by atoms with van der Waals surface area (Å²) in [6.07, 6.45) is 1.85. The van der Waals surface area contributed by atoms with Gasteiger partial charge >= 0.3 is 0 Å². The van der Waals surface area contributed by atoms with E-state index in [-0.39, 0.29) is 17.3 Å². The van der Waals surface area contributed by atoms with Gasteiger partial charge in [-0.15, -0.1) is 0 Å². The van der Waals surface area contributed by atoms with Crippen LogP contribution in [0.2, 0.25) is 0 Å². The number of rotatable bonds is 7. The van der Waals surface area contributed by atoms with Crippen molar-refractivity contribution in [3.05, 3.63) is 90.1 Å². The molecule has 0 bridgehead atoms. The molecule has 0 radical (unpaired) electrons. The second-order valence-electron chi connectivity index (χ2n) is 6.93. The highest BCUT2D eigenvalue weighted by Gasteiger charge is 2.14. The number of aromatic nitrogens is 1. The van der Waals surface area contributed by atoms with Gasteiger partial charge in [0.15, 0.2) is 0 Å². The first-order chi connectivity index (χ1) is 14.9. The second kappa shape index (κ2) is 8.63. The Morgan fingerprint density at radius 2 is 1.71 bits per heavy atom. The van der Waals surface area contributed by atoms with Crippen LogP contribution in [0.15, 0.2) is 83.9 Å². The number of carbonyl (C=O) groups is 1. The fraction of sp³-hybridized carbons (Fsp3) is 0.0870. The zero-order valence-electron chi connectivity index (χ0n) is 16.8. The molecule has 0 fully saturated rings. The molecule has 0 spiro atoms. The maximum absolute atomic E-state index is 12.5. The van der Waals surface area contributed by atoms with Crippen LogP contribution in [0.3, 0.4) is 0 Å². The lowest BCUT2D eigenvalue weighted by Gasteiger charge is -2.09. The minimum atomic E-state index is -3.65. The van der Waals surface area contributed by atoms with E-state index in [0.717, 1.165) is 16.5 Å². The number of nitrogens with one attached hydrogen (secondary N) is 3. The minimum Gasteiger partial charge on any atom is -0.497 e. The average Bonchev–Trinajstić information content (AvgIpc) is 3.26. The van der Waals surface area contributed by atoms with Gasteiger partial charge in [0.05, 0.1) is 12.0 Å². The molecular weight excluding hydrogens is 414 g/mol. The summed E-state index contributed by atoms with van der Waals surface area (Å²) in [6, 6.07) is 20.5. The normalized spacial score (nSPS) is 11.4. The number of anilines is 1. The van der Waals surface area contributed by atoms with Gasteiger partial charge < -0.3 is 15.0 Å². The summed E-state index contributed by atoms with van der Waals surface area (Å²) in [5, 5.41) is 3.88. The first kappa shape index (κ1) is 20.6. The van der Waals surface area contributed by atoms with E-state index in [9.17, 15) is 13.2 Å². The van der Waals surface area contributed by atoms with Crippen molar-refractivity contribution in [1.82, 2.24) is 9.71 Å². The monoisotopic (exact) mass is 435 g/mol. The van der Waals surface area contributed by atoms with Gasteiger partial charge in [-0.25, -0.2) is 13.1 Å². The number of aromatic amines is 1. The number of carbonyl (C=O) groups excluding carboxylic acids is 1. The summed E-state index contributed by atoms with van der Waals surface area (Å²) in [5.41, 5.74) is 2.92. The largest absolute Gasteiger partial charge is 0.497 e. The summed E-state index contributed by atoms with van der Waals surface area (Å²) in [4.78, 5) is 15.8. The third-order valence-corrected chi connectivity index (χ3v) is 6.28. The van der Waals surface area contributed by atoms with E-state index in [0.29, 0.717) is 17.0 Å². The van der Waals surface area contributed by atoms with Gasteiger partial charge in [0.2, 0.25) is 10.0 Å². The lowest BCUT2D eigenvalue weighted by molar-refractivity contribution is 0.102. The number of amides is 1. The van der Waals surface area contributed by atoms with Crippen molar-refractivity contribution in [2.75, 3.05) is 12.4 Å². The van der Waals surface area contributed by atoms with E-state index in [2.05, 4.69) is 15.0 Å². The zero-order chi connectivity index (χ0) is 21.8. The molecule has 4 rings (SSSR count). The highest BCUT2D eigenvalue weighted by atomic mass is 32.2. The molecule has 0 atom stereocenters. The number of benzene rings is 3. The average molecular weight is 436 g/mol. The Morgan fingerprint density at radius 3 is 2.42 bits per heavy atom. The van der Waals surface area contributed by atoms with Crippen LogP contribution >= 0.6 is 0 Å². The van der Waals surface area contributed by atoms with Crippen LogP contribution in [-0.4, -0.2) is 26.4 Å². The van der Waals surface area contributed by atoms with Crippen molar-refractivity contribution in [2.24, 2.45) is 0 Å². The highest BCUT2D eigenvalue weighted by Crippen LogP contribution is 2.19. The quantitative estimate of drug-likeness (QED) is 0.410. The van der Waals surface area contributed by atoms with Crippen molar-refractivity contribution >= 4 is 32.5 Å². The maximum Gasteiger partial charge on any atom is 0.255 e. The summed E-state index contributed by atoms with van der Waals surface area (Å²) in [5.74, 6) is 0.348. The molecule has 0 saturated carbocycles. The molecule has 31 heavy (non-hydrogen) atoms. The lowest BCUT2D eigenvalue weighted by atomic mass is 10.1. The fourth-order valence-corrected chi connectivity index (χ4v) is 4.14. The molecule has 1 heterocycles. The van der Waals surface area contributed by atoms with E-state index >= 15 is 0 Å². The Morgan fingerprint density at radius 1 is 0.968 bits per heavy atom. The Bertz CT molecular complexity index is 1310. The molecule has 1 aromatic heterocycles. The van der Waals surface area contributed by atoms with Crippen molar-refractivity contribution in [3.8, 4) is 5.75 Å². The standard InChI is InChI=1S/C23H21N3O4S/c1-30-20-7-9-21(10-8-20)31(28,29)25-15-16-2-4-17(5-3-16)23(27)26-19-6-11-22-18(14-19)12-13-24-22/h2-14,24-25H,15H2,1H3,(H,26,27). The van der Waals surface area contributed by atoms with Crippen LogP contribution in [0.1, 0.15) is 15.9 Å². The van der Waals surface area contributed by atoms with Gasteiger partial charge in [-0.3, -0.25) is 4.79 Å². The Labute approximate surface area is 180 Å². The summed E-state index contributed by atoms with van der Waals surface area (Å²) in [6.45, 7) is 0.112. The topological polar surface area (TPSA) is 100 Å². The van der Waals surface area contributed by atoms with Crippen LogP contribution < -0.4 is 14.8 Å². The third-order valence-electron chi connectivity index (χ3n) is 4.86. The third kappa shape index (κ3) is 4.76. The van der Waals surface area contributed by atoms with Gasteiger partial charge in [-0.1, -0.05) is 12.1 Å². The summed E-state index contributed by atoms with van der Waals surface area (Å²) >= 11 is 0. The van der Waals surface area contributed by atoms with E-state index in [4.69, 9.17) is 4.74 Å². The molecule has 7 nitrogen and oxygen atoms in total. The molecule has 0 saturated heterocycles. The molecule has 0 aliphatic rings. The lowest BCUT2D eigenvalue weighted by Crippen LogP contribution is -2.23. The predicted octanol–water partition coefficient (Wildman–Crippen LogP) is 3.91. The Balaban J connectivity index is 1.38. The Kier molecular flexibility index (Phi) is 5.75. The van der Waals surface area contributed by atoms with Crippen molar-refractivity contribution in [2.45, 2.75) is 11.4 Å². The molecule has 158 valence electrons. The molecule has 3 aromatic carbocycles. The van der Waals surface area contributed by atoms with Crippen LogP contribution in [0, 0.1) is 0 Å². The van der Waals surface area contributed by atoms with Gasteiger partial charge in [-0.2, -0.15) is 0 Å². The van der Waals surface area contributed by atoms with Crippen LogP contribution in [0.25, 0.3) is 10.9 Å². The molecule has 0 aliphatic carbocycles. The molecule has 0 unspecified atom stereocenters. The van der Waals surface area contributed by atoms with Crippen molar-refractivity contribution < 1.29 is 17.9 Å². The first-order valence-corrected chi connectivity index (χ1v) is 11.0. The van der Waals surface area contributed by atoms with Gasteiger partial charge in [0.25, 0.3) is 5.91 Å².